The summed E-state index contributed by atoms with van der Waals surface area (Å²) >= 11 is 0. The second-order valence-electron chi connectivity index (χ2n) is 3.40. The fourth-order valence-electron chi connectivity index (χ4n) is 2.01. The third-order valence-electron chi connectivity index (χ3n) is 2.63. The summed E-state index contributed by atoms with van der Waals surface area (Å²) in [6.07, 6.45) is 6.71. The van der Waals surface area contributed by atoms with E-state index in [1.165, 1.54) is 24.1 Å². The Hall–Kier alpha value is -1.23. The molecule has 0 atom stereocenters. The highest BCUT2D eigenvalue weighted by atomic mass is 14.9. The molecular formula is C10H12N2. The van der Waals surface area contributed by atoms with Gasteiger partial charge in [-0.15, -0.1) is 0 Å². The largest absolute Gasteiger partial charge is 0.353 e. The van der Waals surface area contributed by atoms with Gasteiger partial charge in [0.05, 0.1) is 5.56 Å². The molecule has 1 heterocycles. The van der Waals surface area contributed by atoms with Crippen molar-refractivity contribution in [1.82, 2.24) is 4.57 Å². The Morgan fingerprint density at radius 3 is 2.92 bits per heavy atom. The topological polar surface area (TPSA) is 28.7 Å². The molecule has 0 N–H and O–H groups in total. The van der Waals surface area contributed by atoms with Crippen LogP contribution < -0.4 is 0 Å². The minimum absolute atomic E-state index is 0.882. The van der Waals surface area contributed by atoms with E-state index in [1.807, 2.05) is 13.2 Å². The summed E-state index contributed by atoms with van der Waals surface area (Å²) in [5, 5.41) is 8.84. The first-order chi connectivity index (χ1) is 5.83. The van der Waals surface area contributed by atoms with Gasteiger partial charge < -0.3 is 4.57 Å². The summed E-state index contributed by atoms with van der Waals surface area (Å²) in [6, 6.07) is 2.26. The minimum atomic E-state index is 0.882. The van der Waals surface area contributed by atoms with Crippen molar-refractivity contribution in [3.63, 3.8) is 0 Å². The zero-order valence-corrected chi connectivity index (χ0v) is 7.30. The number of aryl methyl sites for hydroxylation is 1. The van der Waals surface area contributed by atoms with Crippen LogP contribution in [0.2, 0.25) is 0 Å². The molecule has 0 amide bonds. The van der Waals surface area contributed by atoms with Crippen molar-refractivity contribution in [2.75, 3.05) is 0 Å². The average molecular weight is 160 g/mol. The highest BCUT2D eigenvalue weighted by molar-refractivity contribution is 5.42. The van der Waals surface area contributed by atoms with E-state index < -0.39 is 0 Å². The fourth-order valence-corrected chi connectivity index (χ4v) is 2.01. The maximum atomic E-state index is 8.84. The van der Waals surface area contributed by atoms with Crippen molar-refractivity contribution in [3.8, 4) is 6.07 Å². The molecule has 2 rings (SSSR count). The molecule has 0 bridgehead atoms. The number of fused-ring (bicyclic) bond motifs is 1. The van der Waals surface area contributed by atoms with Gasteiger partial charge in [0, 0.05) is 18.9 Å². The Morgan fingerprint density at radius 1 is 1.42 bits per heavy atom. The second kappa shape index (κ2) is 2.67. The van der Waals surface area contributed by atoms with Crippen LogP contribution in [-0.4, -0.2) is 4.57 Å². The molecule has 1 aliphatic carbocycles. The molecule has 12 heavy (non-hydrogen) atoms. The van der Waals surface area contributed by atoms with E-state index in [0.717, 1.165) is 18.4 Å². The molecule has 62 valence electrons. The van der Waals surface area contributed by atoms with Gasteiger partial charge in [-0.3, -0.25) is 0 Å². The van der Waals surface area contributed by atoms with Gasteiger partial charge in [-0.05, 0) is 31.2 Å². The van der Waals surface area contributed by atoms with Crippen LogP contribution in [0.25, 0.3) is 0 Å². The molecule has 0 aromatic carbocycles. The molecule has 1 aromatic rings. The Kier molecular flexibility index (Phi) is 1.65. The normalized spacial score (nSPS) is 15.3. The summed E-state index contributed by atoms with van der Waals surface area (Å²) in [7, 11) is 2.03. The average Bonchev–Trinajstić information content (AvgIpc) is 2.44. The maximum Gasteiger partial charge on any atom is 0.101 e. The number of hydrogen-bond acceptors (Lipinski definition) is 1. The van der Waals surface area contributed by atoms with Crippen LogP contribution in [-0.2, 0) is 19.9 Å². The van der Waals surface area contributed by atoms with Gasteiger partial charge in [-0.1, -0.05) is 0 Å². The minimum Gasteiger partial charge on any atom is -0.353 e. The van der Waals surface area contributed by atoms with Crippen LogP contribution in [0.4, 0.5) is 0 Å². The third kappa shape index (κ3) is 0.937. The number of nitriles is 1. The van der Waals surface area contributed by atoms with E-state index in [9.17, 15) is 0 Å². The highest BCUT2D eigenvalue weighted by Crippen LogP contribution is 2.24. The number of hydrogen-bond donors (Lipinski definition) is 0. The zero-order chi connectivity index (χ0) is 8.55. The number of aromatic nitrogens is 1. The van der Waals surface area contributed by atoms with Crippen LogP contribution in [0.1, 0.15) is 29.7 Å². The SMILES string of the molecule is Cn1cc(C#N)c2c1CCCC2. The van der Waals surface area contributed by atoms with Crippen molar-refractivity contribution < 1.29 is 0 Å². The lowest BCUT2D eigenvalue weighted by atomic mass is 9.95. The number of nitrogens with zero attached hydrogens (tertiary/aromatic N) is 2. The first-order valence-corrected chi connectivity index (χ1v) is 4.40. The van der Waals surface area contributed by atoms with E-state index in [-0.39, 0.29) is 0 Å². The van der Waals surface area contributed by atoms with E-state index in [4.69, 9.17) is 5.26 Å². The molecule has 0 aliphatic heterocycles. The Balaban J connectivity index is 2.56. The van der Waals surface area contributed by atoms with Crippen LogP contribution in [0.5, 0.6) is 0 Å². The lowest BCUT2D eigenvalue weighted by Gasteiger charge is -2.12. The Morgan fingerprint density at radius 2 is 2.17 bits per heavy atom. The van der Waals surface area contributed by atoms with Gasteiger partial charge in [0.25, 0.3) is 0 Å². The molecule has 0 saturated carbocycles. The molecule has 0 saturated heterocycles. The van der Waals surface area contributed by atoms with Gasteiger partial charge in [0.15, 0.2) is 0 Å². The first-order valence-electron chi connectivity index (χ1n) is 4.40. The zero-order valence-electron chi connectivity index (χ0n) is 7.30. The Bertz CT molecular complexity index is 341. The Labute approximate surface area is 72.4 Å². The van der Waals surface area contributed by atoms with E-state index >= 15 is 0 Å². The summed E-state index contributed by atoms with van der Waals surface area (Å²) in [5.41, 5.74) is 3.55. The predicted molar refractivity (Wildman–Crippen MR) is 46.8 cm³/mol. The maximum absolute atomic E-state index is 8.84. The van der Waals surface area contributed by atoms with Gasteiger partial charge in [0.2, 0.25) is 0 Å². The van der Waals surface area contributed by atoms with Crippen molar-refractivity contribution in [2.45, 2.75) is 25.7 Å². The van der Waals surface area contributed by atoms with E-state index in [2.05, 4.69) is 10.6 Å². The smallest absolute Gasteiger partial charge is 0.101 e. The molecule has 1 aromatic heterocycles. The van der Waals surface area contributed by atoms with Gasteiger partial charge in [-0.25, -0.2) is 0 Å². The van der Waals surface area contributed by atoms with Gasteiger partial charge in [-0.2, -0.15) is 5.26 Å². The molecule has 2 nitrogen and oxygen atoms in total. The lowest BCUT2D eigenvalue weighted by molar-refractivity contribution is 0.648. The number of rotatable bonds is 0. The van der Waals surface area contributed by atoms with E-state index in [1.54, 1.807) is 0 Å². The summed E-state index contributed by atoms with van der Waals surface area (Å²) in [6.45, 7) is 0. The summed E-state index contributed by atoms with van der Waals surface area (Å²) in [4.78, 5) is 0. The molecule has 2 heteroatoms. The summed E-state index contributed by atoms with van der Waals surface area (Å²) < 4.78 is 2.10. The first kappa shape index (κ1) is 7.42. The quantitative estimate of drug-likeness (QED) is 0.568. The van der Waals surface area contributed by atoms with Crippen molar-refractivity contribution in [3.05, 3.63) is 23.0 Å². The lowest BCUT2D eigenvalue weighted by Crippen LogP contribution is -2.05. The van der Waals surface area contributed by atoms with Crippen LogP contribution in [0, 0.1) is 11.3 Å². The van der Waals surface area contributed by atoms with E-state index in [0.29, 0.717) is 0 Å². The molecular weight excluding hydrogens is 148 g/mol. The molecule has 0 radical (unpaired) electrons. The standard InChI is InChI=1S/C10H12N2/c1-12-7-8(6-11)9-4-2-3-5-10(9)12/h7H,2-5H2,1H3. The van der Waals surface area contributed by atoms with Crippen LogP contribution >= 0.6 is 0 Å². The monoisotopic (exact) mass is 160 g/mol. The third-order valence-corrected chi connectivity index (χ3v) is 2.63. The highest BCUT2D eigenvalue weighted by Gasteiger charge is 2.16. The van der Waals surface area contributed by atoms with Crippen molar-refractivity contribution >= 4 is 0 Å². The van der Waals surface area contributed by atoms with Crippen molar-refractivity contribution in [1.29, 1.82) is 5.26 Å². The van der Waals surface area contributed by atoms with Crippen LogP contribution in [0.3, 0.4) is 0 Å². The second-order valence-corrected chi connectivity index (χ2v) is 3.40. The van der Waals surface area contributed by atoms with Gasteiger partial charge >= 0.3 is 0 Å². The summed E-state index contributed by atoms with van der Waals surface area (Å²) in [5.74, 6) is 0. The fraction of sp³-hybridized carbons (Fsp3) is 0.500. The van der Waals surface area contributed by atoms with Gasteiger partial charge in [0.1, 0.15) is 6.07 Å². The van der Waals surface area contributed by atoms with Crippen molar-refractivity contribution in [2.24, 2.45) is 7.05 Å². The predicted octanol–water partition coefficient (Wildman–Crippen LogP) is 1.78. The molecule has 0 unspecified atom stereocenters. The molecule has 0 spiro atoms. The molecule has 0 fully saturated rings. The molecule has 1 aliphatic rings. The van der Waals surface area contributed by atoms with Crippen LogP contribution in [0.15, 0.2) is 6.20 Å².